The third-order valence-corrected chi connectivity index (χ3v) is 2.02. The van der Waals surface area contributed by atoms with Crippen molar-refractivity contribution < 1.29 is 17.9 Å². The predicted molar refractivity (Wildman–Crippen MR) is 33.3 cm³/mol. The molecule has 0 saturated carbocycles. The van der Waals surface area contributed by atoms with Crippen LogP contribution < -0.4 is 5.32 Å². The van der Waals surface area contributed by atoms with E-state index in [0.29, 0.717) is 6.54 Å². The number of hydrogen-bond donors (Lipinski definition) is 1. The lowest BCUT2D eigenvalue weighted by Crippen LogP contribution is -2.48. The molecule has 0 amide bonds. The van der Waals surface area contributed by atoms with Gasteiger partial charge in [-0.1, -0.05) is 0 Å². The molecule has 0 aromatic heterocycles. The summed E-state index contributed by atoms with van der Waals surface area (Å²) >= 11 is 0. The molecule has 1 rings (SSSR count). The Hall–Kier alpha value is -0.290. The lowest BCUT2D eigenvalue weighted by atomic mass is 10.0. The van der Waals surface area contributed by atoms with Crippen molar-refractivity contribution >= 4 is 0 Å². The van der Waals surface area contributed by atoms with Gasteiger partial charge in [0, 0.05) is 13.7 Å². The fourth-order valence-corrected chi connectivity index (χ4v) is 1.20. The van der Waals surface area contributed by atoms with Crippen molar-refractivity contribution in [3.63, 3.8) is 0 Å². The van der Waals surface area contributed by atoms with Crippen LogP contribution in [0.15, 0.2) is 0 Å². The van der Waals surface area contributed by atoms with E-state index < -0.39 is 11.8 Å². The molecule has 11 heavy (non-hydrogen) atoms. The van der Waals surface area contributed by atoms with Crippen LogP contribution in [0.1, 0.15) is 6.42 Å². The van der Waals surface area contributed by atoms with Crippen LogP contribution in [0.4, 0.5) is 13.2 Å². The number of methoxy groups -OCH3 is 1. The third kappa shape index (κ3) is 1.35. The van der Waals surface area contributed by atoms with E-state index >= 15 is 0 Å². The summed E-state index contributed by atoms with van der Waals surface area (Å²) in [5, 5.41) is 2.63. The lowest BCUT2D eigenvalue weighted by molar-refractivity contribution is -0.261. The monoisotopic (exact) mass is 169 g/mol. The molecule has 1 aliphatic heterocycles. The first kappa shape index (κ1) is 8.80. The van der Waals surface area contributed by atoms with Gasteiger partial charge in [0.05, 0.1) is 0 Å². The van der Waals surface area contributed by atoms with Crippen LogP contribution in [0.25, 0.3) is 0 Å². The lowest BCUT2D eigenvalue weighted by Gasteiger charge is -2.28. The van der Waals surface area contributed by atoms with Crippen LogP contribution in [0, 0.1) is 0 Å². The highest BCUT2D eigenvalue weighted by molar-refractivity contribution is 4.95. The summed E-state index contributed by atoms with van der Waals surface area (Å²) in [7, 11) is 1.10. The van der Waals surface area contributed by atoms with E-state index in [4.69, 9.17) is 0 Å². The van der Waals surface area contributed by atoms with Crippen molar-refractivity contribution in [3.05, 3.63) is 0 Å². The van der Waals surface area contributed by atoms with Crippen molar-refractivity contribution in [2.75, 3.05) is 20.2 Å². The summed E-state index contributed by atoms with van der Waals surface area (Å²) in [6, 6.07) is 0. The average molecular weight is 169 g/mol. The van der Waals surface area contributed by atoms with Gasteiger partial charge in [0.25, 0.3) is 0 Å². The second-order valence-electron chi connectivity index (χ2n) is 2.62. The van der Waals surface area contributed by atoms with E-state index in [2.05, 4.69) is 10.1 Å². The summed E-state index contributed by atoms with van der Waals surface area (Å²) in [6.07, 6.45) is -4.25. The molecular formula is C6H10F3NO. The smallest absolute Gasteiger partial charge is 0.367 e. The van der Waals surface area contributed by atoms with Gasteiger partial charge in [-0.05, 0) is 13.0 Å². The van der Waals surface area contributed by atoms with Crippen molar-refractivity contribution in [2.24, 2.45) is 0 Å². The van der Waals surface area contributed by atoms with E-state index in [1.165, 1.54) is 0 Å². The summed E-state index contributed by atoms with van der Waals surface area (Å²) in [5.74, 6) is 0. The second-order valence-corrected chi connectivity index (χ2v) is 2.62. The molecule has 1 fully saturated rings. The third-order valence-electron chi connectivity index (χ3n) is 2.02. The van der Waals surface area contributed by atoms with Crippen LogP contribution in [0.3, 0.4) is 0 Å². The maximum absolute atomic E-state index is 12.3. The Labute approximate surface area is 62.7 Å². The summed E-state index contributed by atoms with van der Waals surface area (Å²) < 4.78 is 41.2. The molecule has 1 atom stereocenters. The average Bonchev–Trinajstić information content (AvgIpc) is 2.33. The topological polar surface area (TPSA) is 21.3 Å². The van der Waals surface area contributed by atoms with Crippen LogP contribution in [0.2, 0.25) is 0 Å². The molecule has 1 saturated heterocycles. The molecule has 0 radical (unpaired) electrons. The molecule has 5 heteroatoms. The SMILES string of the molecule is CO[C@@]1(C(F)(F)F)CCNC1. The first-order valence-corrected chi connectivity index (χ1v) is 3.34. The Kier molecular flexibility index (Phi) is 2.11. The maximum Gasteiger partial charge on any atom is 0.418 e. The van der Waals surface area contributed by atoms with Crippen LogP contribution in [-0.4, -0.2) is 32.0 Å². The number of ether oxygens (including phenoxy) is 1. The molecule has 1 aliphatic rings. The zero-order valence-electron chi connectivity index (χ0n) is 6.16. The minimum Gasteiger partial charge on any atom is -0.367 e. The van der Waals surface area contributed by atoms with Crippen molar-refractivity contribution in [1.29, 1.82) is 0 Å². The van der Waals surface area contributed by atoms with E-state index in [1.54, 1.807) is 0 Å². The Morgan fingerprint density at radius 1 is 1.45 bits per heavy atom. The molecule has 66 valence electrons. The van der Waals surface area contributed by atoms with Crippen molar-refractivity contribution in [3.8, 4) is 0 Å². The largest absolute Gasteiger partial charge is 0.418 e. The van der Waals surface area contributed by atoms with Gasteiger partial charge in [-0.25, -0.2) is 0 Å². The van der Waals surface area contributed by atoms with Crippen molar-refractivity contribution in [1.82, 2.24) is 5.32 Å². The van der Waals surface area contributed by atoms with Crippen LogP contribution >= 0.6 is 0 Å². The molecule has 0 aromatic rings. The summed E-state index contributed by atoms with van der Waals surface area (Å²) in [6.45, 7) is 0.236. The fourth-order valence-electron chi connectivity index (χ4n) is 1.20. The molecule has 0 aliphatic carbocycles. The van der Waals surface area contributed by atoms with E-state index in [1.807, 2.05) is 0 Å². The molecule has 1 heterocycles. The number of alkyl halides is 3. The van der Waals surface area contributed by atoms with Crippen LogP contribution in [-0.2, 0) is 4.74 Å². The summed E-state index contributed by atoms with van der Waals surface area (Å²) in [5.41, 5.74) is -1.94. The first-order chi connectivity index (χ1) is 5.02. The molecule has 0 bridgehead atoms. The number of halogens is 3. The number of nitrogens with one attached hydrogen (secondary N) is 1. The molecule has 0 spiro atoms. The Morgan fingerprint density at radius 2 is 2.09 bits per heavy atom. The molecule has 1 N–H and O–H groups in total. The number of hydrogen-bond acceptors (Lipinski definition) is 2. The predicted octanol–water partition coefficient (Wildman–Crippen LogP) is 0.927. The van der Waals surface area contributed by atoms with Crippen LogP contribution in [0.5, 0.6) is 0 Å². The Bertz CT molecular complexity index is 139. The van der Waals surface area contributed by atoms with E-state index in [-0.39, 0.29) is 13.0 Å². The quantitative estimate of drug-likeness (QED) is 0.630. The molecule has 0 unspecified atom stereocenters. The zero-order valence-corrected chi connectivity index (χ0v) is 6.16. The Balaban J connectivity index is 2.75. The second kappa shape index (κ2) is 2.64. The van der Waals surface area contributed by atoms with Gasteiger partial charge in [0.1, 0.15) is 0 Å². The van der Waals surface area contributed by atoms with E-state index in [9.17, 15) is 13.2 Å². The highest BCUT2D eigenvalue weighted by atomic mass is 19.4. The van der Waals surface area contributed by atoms with Gasteiger partial charge in [-0.2, -0.15) is 13.2 Å². The van der Waals surface area contributed by atoms with Gasteiger partial charge in [-0.3, -0.25) is 0 Å². The number of rotatable bonds is 1. The normalized spacial score (nSPS) is 32.7. The van der Waals surface area contributed by atoms with Crippen molar-refractivity contribution in [2.45, 2.75) is 18.2 Å². The van der Waals surface area contributed by atoms with Gasteiger partial charge < -0.3 is 10.1 Å². The van der Waals surface area contributed by atoms with Gasteiger partial charge in [0.15, 0.2) is 5.60 Å². The first-order valence-electron chi connectivity index (χ1n) is 3.34. The standard InChI is InChI=1S/C6H10F3NO/c1-11-5(6(7,8)9)2-3-10-4-5/h10H,2-4H2,1H3/t5-/m0/s1. The van der Waals surface area contributed by atoms with E-state index in [0.717, 1.165) is 7.11 Å². The minimum absolute atomic E-state index is 0.00694. The highest BCUT2D eigenvalue weighted by Gasteiger charge is 2.56. The maximum atomic E-state index is 12.3. The molecule has 2 nitrogen and oxygen atoms in total. The fraction of sp³-hybridized carbons (Fsp3) is 1.00. The Morgan fingerprint density at radius 3 is 2.27 bits per heavy atom. The van der Waals surface area contributed by atoms with Gasteiger partial charge in [0.2, 0.25) is 0 Å². The zero-order chi connectivity index (χ0) is 8.54. The molecule has 0 aromatic carbocycles. The minimum atomic E-state index is -4.26. The molecular weight excluding hydrogens is 159 g/mol. The van der Waals surface area contributed by atoms with Gasteiger partial charge in [-0.15, -0.1) is 0 Å². The summed E-state index contributed by atoms with van der Waals surface area (Å²) in [4.78, 5) is 0. The van der Waals surface area contributed by atoms with Gasteiger partial charge >= 0.3 is 6.18 Å². The highest BCUT2D eigenvalue weighted by Crippen LogP contribution is 2.37.